The Kier molecular flexibility index (Phi) is 4.67. The number of hydrogen-bond acceptors (Lipinski definition) is 2. The van der Waals surface area contributed by atoms with Gasteiger partial charge in [-0.15, -0.1) is 0 Å². The lowest BCUT2D eigenvalue weighted by Gasteiger charge is -2.31. The Labute approximate surface area is 133 Å². The number of aryl methyl sites for hydroxylation is 1. The topological polar surface area (TPSA) is 12.5 Å². The summed E-state index contributed by atoms with van der Waals surface area (Å²) >= 11 is 0. The zero-order chi connectivity index (χ0) is 15.4. The maximum Gasteiger partial charge on any atom is 0.118 e. The van der Waals surface area contributed by atoms with Crippen LogP contribution in [0.4, 0.5) is 5.69 Å². The highest BCUT2D eigenvalue weighted by atomic mass is 16.5. The molecule has 0 atom stereocenters. The van der Waals surface area contributed by atoms with Crippen LogP contribution in [0.5, 0.6) is 5.75 Å². The Balaban J connectivity index is 1.87. The first-order chi connectivity index (χ1) is 10.8. The van der Waals surface area contributed by atoms with E-state index in [1.54, 1.807) is 7.11 Å². The van der Waals surface area contributed by atoms with Crippen molar-refractivity contribution < 1.29 is 4.74 Å². The first-order valence-corrected chi connectivity index (χ1v) is 8.24. The fraction of sp³-hybridized carbons (Fsp3) is 0.400. The molecule has 0 N–H and O–H groups in total. The molecule has 3 rings (SSSR count). The molecule has 0 saturated carbocycles. The van der Waals surface area contributed by atoms with Crippen molar-refractivity contribution in [2.75, 3.05) is 25.1 Å². The van der Waals surface area contributed by atoms with E-state index in [9.17, 15) is 0 Å². The molecule has 1 fully saturated rings. The fourth-order valence-electron chi connectivity index (χ4n) is 3.30. The van der Waals surface area contributed by atoms with Gasteiger partial charge in [0.15, 0.2) is 0 Å². The molecule has 0 unspecified atom stereocenters. The Hall–Kier alpha value is -1.96. The van der Waals surface area contributed by atoms with Crippen LogP contribution in [0, 0.1) is 6.92 Å². The van der Waals surface area contributed by atoms with Crippen LogP contribution in [0.2, 0.25) is 0 Å². The Bertz CT molecular complexity index is 612. The summed E-state index contributed by atoms with van der Waals surface area (Å²) in [6.45, 7) is 4.62. The number of anilines is 1. The molecule has 1 aliphatic rings. The first kappa shape index (κ1) is 15.0. The average molecular weight is 295 g/mol. The van der Waals surface area contributed by atoms with Gasteiger partial charge < -0.3 is 9.64 Å². The number of nitrogens with zero attached hydrogens (tertiary/aromatic N) is 1. The molecular formula is C20H25NO. The molecule has 2 aromatic carbocycles. The summed E-state index contributed by atoms with van der Waals surface area (Å²) in [5, 5.41) is 0. The van der Waals surface area contributed by atoms with E-state index in [2.05, 4.69) is 42.2 Å². The third-order valence-corrected chi connectivity index (χ3v) is 4.62. The second-order valence-electron chi connectivity index (χ2n) is 6.15. The van der Waals surface area contributed by atoms with Crippen molar-refractivity contribution in [1.29, 1.82) is 0 Å². The van der Waals surface area contributed by atoms with Crippen molar-refractivity contribution >= 4 is 5.69 Å². The summed E-state index contributed by atoms with van der Waals surface area (Å²) in [5.74, 6) is 0.921. The van der Waals surface area contributed by atoms with E-state index in [0.717, 1.165) is 12.2 Å². The van der Waals surface area contributed by atoms with Gasteiger partial charge in [-0.3, -0.25) is 0 Å². The van der Waals surface area contributed by atoms with Gasteiger partial charge in [-0.25, -0.2) is 0 Å². The fourth-order valence-corrected chi connectivity index (χ4v) is 3.30. The molecule has 0 aromatic heterocycles. The highest BCUT2D eigenvalue weighted by Gasteiger charge is 2.15. The summed E-state index contributed by atoms with van der Waals surface area (Å²) in [4.78, 5) is 2.56. The van der Waals surface area contributed by atoms with E-state index in [0.29, 0.717) is 0 Å². The molecule has 0 spiro atoms. The van der Waals surface area contributed by atoms with E-state index in [1.807, 2.05) is 12.1 Å². The van der Waals surface area contributed by atoms with Crippen molar-refractivity contribution in [3.63, 3.8) is 0 Å². The van der Waals surface area contributed by atoms with Crippen molar-refractivity contribution in [2.24, 2.45) is 0 Å². The van der Waals surface area contributed by atoms with E-state index in [1.165, 1.54) is 54.7 Å². The van der Waals surface area contributed by atoms with Crippen LogP contribution >= 0.6 is 0 Å². The molecule has 2 nitrogen and oxygen atoms in total. The third kappa shape index (κ3) is 3.27. The number of ether oxygens (including phenoxy) is 1. The van der Waals surface area contributed by atoms with Gasteiger partial charge >= 0.3 is 0 Å². The number of rotatable bonds is 4. The monoisotopic (exact) mass is 295 g/mol. The summed E-state index contributed by atoms with van der Waals surface area (Å²) < 4.78 is 5.25. The van der Waals surface area contributed by atoms with Gasteiger partial charge in [0, 0.05) is 18.8 Å². The number of piperidine rings is 1. The van der Waals surface area contributed by atoms with Gasteiger partial charge in [0.05, 0.1) is 7.11 Å². The smallest absolute Gasteiger partial charge is 0.118 e. The van der Waals surface area contributed by atoms with Gasteiger partial charge in [0.1, 0.15) is 5.75 Å². The molecule has 2 aromatic rings. The first-order valence-electron chi connectivity index (χ1n) is 8.24. The standard InChI is InChI=1S/C20H25NO/c1-16-7-6-8-20(21-13-4-3-5-14-21)19(16)15-17-9-11-18(22-2)12-10-17/h6-12H,3-5,13-15H2,1-2H3. The molecule has 116 valence electrons. The lowest BCUT2D eigenvalue weighted by atomic mass is 9.97. The van der Waals surface area contributed by atoms with E-state index >= 15 is 0 Å². The molecule has 1 saturated heterocycles. The summed E-state index contributed by atoms with van der Waals surface area (Å²) in [5.41, 5.74) is 5.62. The predicted molar refractivity (Wildman–Crippen MR) is 93.0 cm³/mol. The second-order valence-corrected chi connectivity index (χ2v) is 6.15. The van der Waals surface area contributed by atoms with Crippen LogP contribution in [0.15, 0.2) is 42.5 Å². The lowest BCUT2D eigenvalue weighted by molar-refractivity contribution is 0.414. The maximum absolute atomic E-state index is 5.25. The van der Waals surface area contributed by atoms with Crippen LogP contribution in [-0.4, -0.2) is 20.2 Å². The largest absolute Gasteiger partial charge is 0.497 e. The highest BCUT2D eigenvalue weighted by Crippen LogP contribution is 2.29. The second kappa shape index (κ2) is 6.87. The van der Waals surface area contributed by atoms with Gasteiger partial charge in [0.2, 0.25) is 0 Å². The molecule has 0 amide bonds. The van der Waals surface area contributed by atoms with Crippen molar-refractivity contribution in [3.05, 3.63) is 59.2 Å². The van der Waals surface area contributed by atoms with E-state index in [-0.39, 0.29) is 0 Å². The highest BCUT2D eigenvalue weighted by molar-refractivity contribution is 5.58. The third-order valence-electron chi connectivity index (χ3n) is 4.62. The zero-order valence-electron chi connectivity index (χ0n) is 13.6. The minimum absolute atomic E-state index is 0.921. The molecule has 0 aliphatic carbocycles. The average Bonchev–Trinajstić information content (AvgIpc) is 2.58. The summed E-state index contributed by atoms with van der Waals surface area (Å²) in [6, 6.07) is 15.2. The number of methoxy groups -OCH3 is 1. The van der Waals surface area contributed by atoms with Crippen molar-refractivity contribution in [2.45, 2.75) is 32.6 Å². The summed E-state index contributed by atoms with van der Waals surface area (Å²) in [7, 11) is 1.71. The minimum Gasteiger partial charge on any atom is -0.497 e. The SMILES string of the molecule is COc1ccc(Cc2c(C)cccc2N2CCCCC2)cc1. The molecule has 0 bridgehead atoms. The molecule has 2 heteroatoms. The normalized spacial score (nSPS) is 14.9. The van der Waals surface area contributed by atoms with Gasteiger partial charge in [-0.1, -0.05) is 24.3 Å². The van der Waals surface area contributed by atoms with Gasteiger partial charge in [0.25, 0.3) is 0 Å². The minimum atomic E-state index is 0.921. The van der Waals surface area contributed by atoms with E-state index < -0.39 is 0 Å². The van der Waals surface area contributed by atoms with Crippen LogP contribution in [0.25, 0.3) is 0 Å². The number of hydrogen-bond donors (Lipinski definition) is 0. The number of benzene rings is 2. The van der Waals surface area contributed by atoms with Crippen molar-refractivity contribution in [3.8, 4) is 5.75 Å². The van der Waals surface area contributed by atoms with Crippen molar-refractivity contribution in [1.82, 2.24) is 0 Å². The van der Waals surface area contributed by atoms with Crippen LogP contribution < -0.4 is 9.64 Å². The Morgan fingerprint density at radius 3 is 2.36 bits per heavy atom. The quantitative estimate of drug-likeness (QED) is 0.818. The lowest BCUT2D eigenvalue weighted by Crippen LogP contribution is -2.30. The van der Waals surface area contributed by atoms with Gasteiger partial charge in [-0.2, -0.15) is 0 Å². The molecule has 22 heavy (non-hydrogen) atoms. The molecule has 1 heterocycles. The molecule has 0 radical (unpaired) electrons. The van der Waals surface area contributed by atoms with Crippen LogP contribution in [-0.2, 0) is 6.42 Å². The van der Waals surface area contributed by atoms with E-state index in [4.69, 9.17) is 4.74 Å². The van der Waals surface area contributed by atoms with Gasteiger partial charge in [-0.05, 0) is 67.5 Å². The molecular weight excluding hydrogens is 270 g/mol. The Morgan fingerprint density at radius 2 is 1.68 bits per heavy atom. The summed E-state index contributed by atoms with van der Waals surface area (Å²) in [6.07, 6.45) is 4.99. The molecule has 1 aliphatic heterocycles. The predicted octanol–water partition coefficient (Wildman–Crippen LogP) is 4.58. The zero-order valence-corrected chi connectivity index (χ0v) is 13.6. The maximum atomic E-state index is 5.25. The van der Waals surface area contributed by atoms with Crippen LogP contribution in [0.3, 0.4) is 0 Å². The Morgan fingerprint density at radius 1 is 0.955 bits per heavy atom. The van der Waals surface area contributed by atoms with Crippen LogP contribution in [0.1, 0.15) is 36.0 Å².